The largest absolute Gasteiger partial charge is 0.494 e. The van der Waals surface area contributed by atoms with Crippen molar-refractivity contribution >= 4 is 5.91 Å². The maximum Gasteiger partial charge on any atom is 0.257 e. The summed E-state index contributed by atoms with van der Waals surface area (Å²) in [6, 6.07) is 2.04. The van der Waals surface area contributed by atoms with Crippen molar-refractivity contribution in [1.29, 1.82) is 0 Å². The molecule has 0 aromatic carbocycles. The number of pyridine rings is 1. The molecule has 1 aromatic rings. The fourth-order valence-electron chi connectivity index (χ4n) is 3.52. The molecule has 0 bridgehead atoms. The van der Waals surface area contributed by atoms with Gasteiger partial charge in [-0.1, -0.05) is 0 Å². The molecule has 3 rings (SSSR count). The van der Waals surface area contributed by atoms with Gasteiger partial charge in [0.2, 0.25) is 0 Å². The van der Waals surface area contributed by atoms with E-state index in [1.807, 2.05) is 4.90 Å². The highest BCUT2D eigenvalue weighted by Gasteiger charge is 2.39. The Labute approximate surface area is 119 Å². The van der Waals surface area contributed by atoms with Crippen molar-refractivity contribution in [2.45, 2.75) is 25.3 Å². The minimum absolute atomic E-state index is 0.0484. The van der Waals surface area contributed by atoms with Crippen LogP contribution in [0.2, 0.25) is 0 Å². The molecule has 2 fully saturated rings. The number of nitrogens with two attached hydrogens (primary N) is 1. The minimum Gasteiger partial charge on any atom is -0.494 e. The average molecular weight is 275 g/mol. The number of hydrogen-bond acceptors (Lipinski definition) is 4. The quantitative estimate of drug-likeness (QED) is 0.883. The van der Waals surface area contributed by atoms with Crippen molar-refractivity contribution in [3.63, 3.8) is 0 Å². The van der Waals surface area contributed by atoms with Crippen LogP contribution in [-0.2, 0) is 0 Å². The van der Waals surface area contributed by atoms with E-state index in [0.717, 1.165) is 32.4 Å². The SMILES string of the molecule is COc1cnccc1C(=O)N1C[C@H]2CCC(N)C[C@H]2C1. The minimum atomic E-state index is 0.0484. The van der Waals surface area contributed by atoms with Crippen molar-refractivity contribution < 1.29 is 9.53 Å². The monoisotopic (exact) mass is 275 g/mol. The maximum absolute atomic E-state index is 12.6. The Balaban J connectivity index is 1.75. The number of hydrogen-bond donors (Lipinski definition) is 1. The van der Waals surface area contributed by atoms with Crippen LogP contribution in [0.25, 0.3) is 0 Å². The van der Waals surface area contributed by atoms with Gasteiger partial charge in [0.25, 0.3) is 5.91 Å². The van der Waals surface area contributed by atoms with Crippen LogP contribution in [0.1, 0.15) is 29.6 Å². The van der Waals surface area contributed by atoms with Crippen LogP contribution >= 0.6 is 0 Å². The topological polar surface area (TPSA) is 68.5 Å². The first-order chi connectivity index (χ1) is 9.69. The molecule has 2 heterocycles. The third kappa shape index (κ3) is 2.38. The summed E-state index contributed by atoms with van der Waals surface area (Å²) < 4.78 is 5.23. The molecule has 2 aliphatic rings. The van der Waals surface area contributed by atoms with E-state index in [2.05, 4.69) is 4.98 Å². The number of likely N-dealkylation sites (tertiary alicyclic amines) is 1. The smallest absolute Gasteiger partial charge is 0.257 e. The molecule has 0 radical (unpaired) electrons. The van der Waals surface area contributed by atoms with Gasteiger partial charge in [0.05, 0.1) is 18.9 Å². The number of fused-ring (bicyclic) bond motifs is 1. The molecule has 1 aliphatic heterocycles. The highest BCUT2D eigenvalue weighted by molar-refractivity contribution is 5.96. The van der Waals surface area contributed by atoms with Crippen LogP contribution < -0.4 is 10.5 Å². The third-order valence-electron chi connectivity index (χ3n) is 4.61. The number of methoxy groups -OCH3 is 1. The predicted molar refractivity (Wildman–Crippen MR) is 75.5 cm³/mol. The molecule has 3 atom stereocenters. The number of carbonyl (C=O) groups excluding carboxylic acids is 1. The van der Waals surface area contributed by atoms with E-state index in [4.69, 9.17) is 10.5 Å². The second kappa shape index (κ2) is 5.40. The highest BCUT2D eigenvalue weighted by atomic mass is 16.5. The van der Waals surface area contributed by atoms with Crippen LogP contribution in [0.4, 0.5) is 0 Å². The number of rotatable bonds is 2. The molecule has 1 saturated heterocycles. The Morgan fingerprint density at radius 1 is 1.40 bits per heavy atom. The zero-order chi connectivity index (χ0) is 14.1. The van der Waals surface area contributed by atoms with Gasteiger partial charge in [-0.2, -0.15) is 0 Å². The normalized spacial score (nSPS) is 29.1. The van der Waals surface area contributed by atoms with Gasteiger partial charge in [-0.3, -0.25) is 9.78 Å². The number of aromatic nitrogens is 1. The Morgan fingerprint density at radius 3 is 3.00 bits per heavy atom. The first-order valence-electron chi connectivity index (χ1n) is 7.22. The molecular formula is C15H21N3O2. The standard InChI is InChI=1S/C15H21N3O2/c1-20-14-7-17-5-4-13(14)15(19)18-8-10-2-3-12(16)6-11(10)9-18/h4-5,7,10-12H,2-3,6,8-9,16H2,1H3/t10-,11+,12?/m1/s1. The van der Waals surface area contributed by atoms with Crippen LogP contribution in [0, 0.1) is 11.8 Å². The van der Waals surface area contributed by atoms with E-state index in [-0.39, 0.29) is 5.91 Å². The van der Waals surface area contributed by atoms with Gasteiger partial charge in [0, 0.05) is 25.3 Å². The first kappa shape index (κ1) is 13.4. The molecular weight excluding hydrogens is 254 g/mol. The fraction of sp³-hybridized carbons (Fsp3) is 0.600. The molecule has 1 amide bonds. The molecule has 1 aliphatic carbocycles. The Bertz CT molecular complexity index is 506. The second-order valence-electron chi connectivity index (χ2n) is 5.88. The van der Waals surface area contributed by atoms with Crippen molar-refractivity contribution in [3.8, 4) is 5.75 Å². The van der Waals surface area contributed by atoms with E-state index < -0.39 is 0 Å². The van der Waals surface area contributed by atoms with Crippen molar-refractivity contribution in [2.75, 3.05) is 20.2 Å². The summed E-state index contributed by atoms with van der Waals surface area (Å²) in [4.78, 5) is 18.6. The van der Waals surface area contributed by atoms with Gasteiger partial charge in [-0.15, -0.1) is 0 Å². The Hall–Kier alpha value is -1.62. The summed E-state index contributed by atoms with van der Waals surface area (Å²) in [5.41, 5.74) is 6.64. The average Bonchev–Trinajstić information content (AvgIpc) is 2.89. The lowest BCUT2D eigenvalue weighted by Crippen LogP contribution is -2.32. The van der Waals surface area contributed by atoms with Crippen LogP contribution in [-0.4, -0.2) is 42.0 Å². The molecule has 1 saturated carbocycles. The van der Waals surface area contributed by atoms with Crippen molar-refractivity contribution in [2.24, 2.45) is 17.6 Å². The predicted octanol–water partition coefficient (Wildman–Crippen LogP) is 1.29. The van der Waals surface area contributed by atoms with E-state index in [1.165, 1.54) is 0 Å². The van der Waals surface area contributed by atoms with E-state index in [0.29, 0.717) is 29.2 Å². The van der Waals surface area contributed by atoms with Gasteiger partial charge in [0.15, 0.2) is 0 Å². The number of ether oxygens (including phenoxy) is 1. The molecule has 1 unspecified atom stereocenters. The molecule has 108 valence electrons. The maximum atomic E-state index is 12.6. The Morgan fingerprint density at radius 2 is 2.20 bits per heavy atom. The van der Waals surface area contributed by atoms with Crippen LogP contribution in [0.5, 0.6) is 5.75 Å². The van der Waals surface area contributed by atoms with Crippen molar-refractivity contribution in [3.05, 3.63) is 24.0 Å². The fourth-order valence-corrected chi connectivity index (χ4v) is 3.52. The lowest BCUT2D eigenvalue weighted by molar-refractivity contribution is 0.0780. The molecule has 20 heavy (non-hydrogen) atoms. The van der Waals surface area contributed by atoms with E-state index in [1.54, 1.807) is 25.6 Å². The van der Waals surface area contributed by atoms with E-state index in [9.17, 15) is 4.79 Å². The zero-order valence-corrected chi connectivity index (χ0v) is 11.8. The zero-order valence-electron chi connectivity index (χ0n) is 11.8. The summed E-state index contributed by atoms with van der Waals surface area (Å²) in [6.45, 7) is 1.67. The van der Waals surface area contributed by atoms with Gasteiger partial charge >= 0.3 is 0 Å². The number of nitrogens with zero attached hydrogens (tertiary/aromatic N) is 2. The summed E-state index contributed by atoms with van der Waals surface area (Å²) in [7, 11) is 1.57. The van der Waals surface area contributed by atoms with Crippen LogP contribution in [0.3, 0.4) is 0 Å². The number of carbonyl (C=O) groups is 1. The van der Waals surface area contributed by atoms with Gasteiger partial charge in [-0.25, -0.2) is 0 Å². The third-order valence-corrected chi connectivity index (χ3v) is 4.61. The molecule has 5 heteroatoms. The molecule has 2 N–H and O–H groups in total. The highest BCUT2D eigenvalue weighted by Crippen LogP contribution is 2.36. The summed E-state index contributed by atoms with van der Waals surface area (Å²) in [5, 5.41) is 0. The number of amides is 1. The second-order valence-corrected chi connectivity index (χ2v) is 5.88. The molecule has 5 nitrogen and oxygen atoms in total. The van der Waals surface area contributed by atoms with Gasteiger partial charge < -0.3 is 15.4 Å². The summed E-state index contributed by atoms with van der Waals surface area (Å²) in [5.74, 6) is 1.78. The summed E-state index contributed by atoms with van der Waals surface area (Å²) >= 11 is 0. The lowest BCUT2D eigenvalue weighted by atomic mass is 9.79. The summed E-state index contributed by atoms with van der Waals surface area (Å²) in [6.07, 6.45) is 6.49. The van der Waals surface area contributed by atoms with E-state index >= 15 is 0 Å². The Kier molecular flexibility index (Phi) is 3.61. The van der Waals surface area contributed by atoms with Gasteiger partial charge in [0.1, 0.15) is 5.75 Å². The van der Waals surface area contributed by atoms with Gasteiger partial charge in [-0.05, 0) is 37.2 Å². The first-order valence-corrected chi connectivity index (χ1v) is 7.22. The van der Waals surface area contributed by atoms with Crippen molar-refractivity contribution in [1.82, 2.24) is 9.88 Å². The van der Waals surface area contributed by atoms with Crippen LogP contribution in [0.15, 0.2) is 18.5 Å². The lowest BCUT2D eigenvalue weighted by Gasteiger charge is -2.27. The molecule has 0 spiro atoms. The molecule has 1 aromatic heterocycles.